The van der Waals surface area contributed by atoms with Crippen molar-refractivity contribution in [1.29, 1.82) is 0 Å². The summed E-state index contributed by atoms with van der Waals surface area (Å²) in [5.41, 5.74) is 5.64. The molecule has 14 heavy (non-hydrogen) atoms. The summed E-state index contributed by atoms with van der Waals surface area (Å²) in [5, 5.41) is 3.30. The molecular formula is C11H21N3. The van der Waals surface area contributed by atoms with Gasteiger partial charge in [-0.05, 0) is 18.8 Å². The van der Waals surface area contributed by atoms with Crippen molar-refractivity contribution in [3.05, 3.63) is 0 Å². The van der Waals surface area contributed by atoms with E-state index in [1.807, 2.05) is 0 Å². The highest BCUT2D eigenvalue weighted by Gasteiger charge is 2.25. The largest absolute Gasteiger partial charge is 0.370 e. The molecule has 1 aliphatic carbocycles. The van der Waals surface area contributed by atoms with Crippen LogP contribution in [0.15, 0.2) is 4.99 Å². The molecule has 0 aromatic heterocycles. The number of hydrogen-bond donors (Lipinski definition) is 2. The Bertz CT molecular complexity index is 205. The second kappa shape index (κ2) is 4.67. The van der Waals surface area contributed by atoms with Crippen molar-refractivity contribution in [2.45, 2.75) is 51.0 Å². The molecule has 0 bridgehead atoms. The van der Waals surface area contributed by atoms with Gasteiger partial charge in [0.1, 0.15) is 0 Å². The van der Waals surface area contributed by atoms with Crippen LogP contribution in [0.1, 0.15) is 44.9 Å². The molecule has 3 N–H and O–H groups in total. The Morgan fingerprint density at radius 3 is 2.29 bits per heavy atom. The van der Waals surface area contributed by atoms with Crippen LogP contribution in [0.2, 0.25) is 0 Å². The van der Waals surface area contributed by atoms with Crippen molar-refractivity contribution < 1.29 is 0 Å². The third kappa shape index (κ3) is 2.40. The predicted molar refractivity (Wildman–Crippen MR) is 59.2 cm³/mol. The number of hydrogen-bond acceptors (Lipinski definition) is 3. The maximum Gasteiger partial charge on any atom is 0.188 e. The van der Waals surface area contributed by atoms with Crippen LogP contribution in [-0.2, 0) is 0 Å². The first-order valence-electron chi connectivity index (χ1n) is 5.93. The van der Waals surface area contributed by atoms with Crippen LogP contribution >= 0.6 is 0 Å². The fraction of sp³-hybridized carbons (Fsp3) is 0.909. The van der Waals surface area contributed by atoms with Crippen molar-refractivity contribution in [2.24, 2.45) is 16.6 Å². The van der Waals surface area contributed by atoms with Gasteiger partial charge in [0.15, 0.2) is 5.96 Å². The maximum atomic E-state index is 5.64. The van der Waals surface area contributed by atoms with Crippen LogP contribution in [-0.4, -0.2) is 18.5 Å². The van der Waals surface area contributed by atoms with E-state index in [-0.39, 0.29) is 0 Å². The molecule has 80 valence electrons. The number of nitrogens with two attached hydrogens (primary N) is 1. The van der Waals surface area contributed by atoms with Crippen molar-refractivity contribution in [3.63, 3.8) is 0 Å². The highest BCUT2D eigenvalue weighted by atomic mass is 15.2. The van der Waals surface area contributed by atoms with Crippen LogP contribution in [0.3, 0.4) is 0 Å². The Morgan fingerprint density at radius 2 is 1.71 bits per heavy atom. The van der Waals surface area contributed by atoms with Crippen LogP contribution in [0.4, 0.5) is 0 Å². The molecule has 1 fully saturated rings. The molecular weight excluding hydrogens is 174 g/mol. The van der Waals surface area contributed by atoms with E-state index in [9.17, 15) is 0 Å². The molecule has 3 nitrogen and oxygen atoms in total. The molecule has 0 spiro atoms. The predicted octanol–water partition coefficient (Wildman–Crippen LogP) is 1.63. The lowest BCUT2D eigenvalue weighted by Crippen LogP contribution is -2.40. The van der Waals surface area contributed by atoms with Crippen LogP contribution in [0.5, 0.6) is 0 Å². The van der Waals surface area contributed by atoms with Crippen LogP contribution < -0.4 is 11.1 Å². The quantitative estimate of drug-likeness (QED) is 0.668. The zero-order valence-electron chi connectivity index (χ0n) is 8.84. The Kier molecular flexibility index (Phi) is 3.27. The summed E-state index contributed by atoms with van der Waals surface area (Å²) in [5.74, 6) is 1.46. The van der Waals surface area contributed by atoms with E-state index in [0.717, 1.165) is 12.5 Å². The number of aliphatic imine (C=N–C) groups is 1. The number of nitrogens with one attached hydrogen (secondary N) is 1. The van der Waals surface area contributed by atoms with Crippen LogP contribution in [0.25, 0.3) is 0 Å². The molecule has 2 rings (SSSR count). The highest BCUT2D eigenvalue weighted by molar-refractivity contribution is 5.79. The summed E-state index contributed by atoms with van der Waals surface area (Å²) in [4.78, 5) is 4.23. The van der Waals surface area contributed by atoms with Gasteiger partial charge >= 0.3 is 0 Å². The Hall–Kier alpha value is -0.730. The molecule has 1 aliphatic heterocycles. The van der Waals surface area contributed by atoms with Gasteiger partial charge in [0.05, 0.1) is 12.6 Å². The van der Waals surface area contributed by atoms with Crippen molar-refractivity contribution in [2.75, 3.05) is 6.54 Å². The molecule has 1 heterocycles. The van der Waals surface area contributed by atoms with E-state index < -0.39 is 0 Å². The summed E-state index contributed by atoms with van der Waals surface area (Å²) >= 11 is 0. The average molecular weight is 195 g/mol. The zero-order valence-corrected chi connectivity index (χ0v) is 8.84. The third-order valence-electron chi connectivity index (χ3n) is 3.51. The molecule has 2 aliphatic rings. The number of nitrogens with zero attached hydrogens (tertiary/aromatic N) is 1. The minimum Gasteiger partial charge on any atom is -0.370 e. The minimum atomic E-state index is 0.535. The van der Waals surface area contributed by atoms with Gasteiger partial charge < -0.3 is 11.1 Å². The first-order valence-corrected chi connectivity index (χ1v) is 5.93. The molecule has 1 unspecified atom stereocenters. The van der Waals surface area contributed by atoms with E-state index in [1.165, 1.54) is 44.9 Å². The van der Waals surface area contributed by atoms with E-state index in [4.69, 9.17) is 5.73 Å². The summed E-state index contributed by atoms with van der Waals surface area (Å²) in [6.45, 7) is 0.899. The van der Waals surface area contributed by atoms with Gasteiger partial charge in [-0.25, -0.2) is 0 Å². The van der Waals surface area contributed by atoms with Gasteiger partial charge in [-0.2, -0.15) is 0 Å². The van der Waals surface area contributed by atoms with Crippen molar-refractivity contribution >= 4 is 5.96 Å². The van der Waals surface area contributed by atoms with E-state index in [1.54, 1.807) is 0 Å². The Labute approximate surface area is 86.2 Å². The van der Waals surface area contributed by atoms with Crippen molar-refractivity contribution in [1.82, 2.24) is 5.32 Å². The van der Waals surface area contributed by atoms with Gasteiger partial charge in [-0.15, -0.1) is 0 Å². The smallest absolute Gasteiger partial charge is 0.188 e. The lowest BCUT2D eigenvalue weighted by molar-refractivity contribution is 0.319. The van der Waals surface area contributed by atoms with Gasteiger partial charge in [0.2, 0.25) is 0 Å². The molecule has 0 amide bonds. The van der Waals surface area contributed by atoms with Gasteiger partial charge in [0, 0.05) is 0 Å². The molecule has 1 atom stereocenters. The van der Waals surface area contributed by atoms with Gasteiger partial charge in [0.25, 0.3) is 0 Å². The minimum absolute atomic E-state index is 0.535. The summed E-state index contributed by atoms with van der Waals surface area (Å²) < 4.78 is 0. The summed E-state index contributed by atoms with van der Waals surface area (Å²) in [6.07, 6.45) is 9.77. The van der Waals surface area contributed by atoms with Crippen LogP contribution in [0, 0.1) is 5.92 Å². The Balaban J connectivity index is 1.83. The fourth-order valence-corrected chi connectivity index (χ4v) is 2.63. The number of guanidine groups is 1. The lowest BCUT2D eigenvalue weighted by atomic mass is 9.86. The Morgan fingerprint density at radius 1 is 1.07 bits per heavy atom. The molecule has 0 aromatic rings. The fourth-order valence-electron chi connectivity index (χ4n) is 2.63. The maximum absolute atomic E-state index is 5.64. The van der Waals surface area contributed by atoms with Gasteiger partial charge in [-0.3, -0.25) is 4.99 Å². The first kappa shape index (κ1) is 9.81. The van der Waals surface area contributed by atoms with E-state index >= 15 is 0 Å². The zero-order chi connectivity index (χ0) is 9.80. The van der Waals surface area contributed by atoms with Crippen molar-refractivity contribution in [3.8, 4) is 0 Å². The monoisotopic (exact) mass is 195 g/mol. The third-order valence-corrected chi connectivity index (χ3v) is 3.51. The molecule has 0 radical (unpaired) electrons. The molecule has 3 heteroatoms. The first-order chi connectivity index (χ1) is 6.86. The lowest BCUT2D eigenvalue weighted by Gasteiger charge is -2.25. The summed E-state index contributed by atoms with van der Waals surface area (Å²) in [7, 11) is 0. The summed E-state index contributed by atoms with van der Waals surface area (Å²) in [6, 6.07) is 0.535. The topological polar surface area (TPSA) is 50.4 Å². The van der Waals surface area contributed by atoms with Gasteiger partial charge in [-0.1, -0.05) is 32.1 Å². The van der Waals surface area contributed by atoms with E-state index in [0.29, 0.717) is 12.0 Å². The molecule has 1 saturated carbocycles. The number of rotatable bonds is 1. The normalized spacial score (nSPS) is 30.3. The second-order valence-electron chi connectivity index (χ2n) is 4.58. The van der Waals surface area contributed by atoms with E-state index in [2.05, 4.69) is 10.3 Å². The molecule has 0 aromatic carbocycles. The second-order valence-corrected chi connectivity index (χ2v) is 4.58. The highest BCUT2D eigenvalue weighted by Crippen LogP contribution is 2.25. The SMILES string of the molecule is NC1=NCC(C2CCCCCCC2)N1. The molecule has 0 saturated heterocycles. The standard InChI is InChI=1S/C11H21N3/c12-11-13-8-10(14-11)9-6-4-2-1-3-5-7-9/h9-10H,1-8H2,(H3,12,13,14). The average Bonchev–Trinajstić information content (AvgIpc) is 2.51.